The van der Waals surface area contributed by atoms with Gasteiger partial charge in [0.15, 0.2) is 0 Å². The first kappa shape index (κ1) is 26.8. The quantitative estimate of drug-likeness (QED) is 0.0951. The fourth-order valence-electron chi connectivity index (χ4n) is 7.30. The molecule has 10 aromatic rings. The Balaban J connectivity index is 0.000000288. The average Bonchev–Trinajstić information content (AvgIpc) is 3.99. The molecule has 0 fully saturated rings. The Hall–Kier alpha value is -5.98. The average molecular weight is 831 g/mol. The van der Waals surface area contributed by atoms with Crippen molar-refractivity contribution in [3.05, 3.63) is 187 Å². The summed E-state index contributed by atoms with van der Waals surface area (Å²) in [7, 11) is 0. The Morgan fingerprint density at radius 2 is 1.14 bits per heavy atom. The summed E-state index contributed by atoms with van der Waals surface area (Å²) >= 11 is 0. The van der Waals surface area contributed by atoms with Gasteiger partial charge in [0.1, 0.15) is 0 Å². The summed E-state index contributed by atoms with van der Waals surface area (Å²) in [4.78, 5) is 9.01. The van der Waals surface area contributed by atoms with Gasteiger partial charge in [0.05, 0.1) is 36.1 Å². The minimum atomic E-state index is -0.538. The molecule has 7 aromatic carbocycles. The van der Waals surface area contributed by atoms with Crippen LogP contribution in [0.4, 0.5) is 0 Å². The van der Waals surface area contributed by atoms with E-state index in [-0.39, 0.29) is 62.2 Å². The number of fused-ring (bicyclic) bond motifs is 6. The van der Waals surface area contributed by atoms with Crippen LogP contribution in [0, 0.1) is 6.33 Å². The third kappa shape index (κ3) is 6.58. The molecule has 0 aliphatic rings. The zero-order valence-corrected chi connectivity index (χ0v) is 32.6. The van der Waals surface area contributed by atoms with Gasteiger partial charge in [-0.2, -0.15) is 0 Å². The first-order valence-corrected chi connectivity index (χ1v) is 18.3. The van der Waals surface area contributed by atoms with Gasteiger partial charge in [-0.3, -0.25) is 9.13 Å². The van der Waals surface area contributed by atoms with Gasteiger partial charge in [0.25, 0.3) is 6.33 Å². The molecule has 0 bridgehead atoms. The largest absolute Gasteiger partial charge is 0.366 e. The molecule has 279 valence electrons. The Labute approximate surface area is 357 Å². The summed E-state index contributed by atoms with van der Waals surface area (Å²) in [5.74, 6) is 1.08. The summed E-state index contributed by atoms with van der Waals surface area (Å²) in [5, 5.41) is 0. The first-order valence-electron chi connectivity index (χ1n) is 23.3. The molecule has 56 heavy (non-hydrogen) atoms. The monoisotopic (exact) mass is 829 g/mol. The summed E-state index contributed by atoms with van der Waals surface area (Å²) in [6.07, 6.45) is 3.52. The number of para-hydroxylation sites is 8. The van der Waals surface area contributed by atoms with E-state index in [0.29, 0.717) is 5.52 Å². The van der Waals surface area contributed by atoms with Crippen LogP contribution < -0.4 is 9.55 Å². The van der Waals surface area contributed by atoms with Gasteiger partial charge in [-0.25, -0.2) is 0 Å². The van der Waals surface area contributed by atoms with Crippen molar-refractivity contribution >= 4 is 38.9 Å². The van der Waals surface area contributed by atoms with Gasteiger partial charge >= 0.3 is 0 Å². The van der Waals surface area contributed by atoms with E-state index in [0.717, 1.165) is 50.2 Å². The van der Waals surface area contributed by atoms with E-state index in [1.807, 2.05) is 71.3 Å². The van der Waals surface area contributed by atoms with Crippen molar-refractivity contribution in [3.8, 4) is 33.6 Å². The third-order valence-electron chi connectivity index (χ3n) is 9.81. The predicted molar refractivity (Wildman–Crippen MR) is 226 cm³/mol. The normalized spacial score (nSPS) is 13.9. The maximum atomic E-state index is 8.89. The molecule has 10 rings (SSSR count). The van der Waals surface area contributed by atoms with Crippen molar-refractivity contribution < 1.29 is 40.7 Å². The Bertz CT molecular complexity index is 3300. The fraction of sp³-hybridized carbons (Fsp3) is 0.120. The minimum absolute atomic E-state index is 0. The van der Waals surface area contributed by atoms with E-state index in [1.165, 1.54) is 0 Å². The maximum Gasteiger partial charge on any atom is 0.269 e. The summed E-state index contributed by atoms with van der Waals surface area (Å²) in [6, 6.07) is 30.0. The van der Waals surface area contributed by atoms with Crippen LogP contribution in [0.1, 0.15) is 64.4 Å². The van der Waals surface area contributed by atoms with Crippen molar-refractivity contribution in [2.75, 3.05) is 0 Å². The number of hydrogen-bond acceptors (Lipinski definition) is 1. The van der Waals surface area contributed by atoms with Crippen LogP contribution in [0.2, 0.25) is 0 Å². The van der Waals surface area contributed by atoms with Gasteiger partial charge in [0, 0.05) is 50.2 Å². The molecule has 0 amide bonds. The topological polar surface area (TPSA) is 40.2 Å². The molecule has 1 radical (unpaired) electrons. The van der Waals surface area contributed by atoms with E-state index in [1.54, 1.807) is 22.8 Å². The van der Waals surface area contributed by atoms with Crippen molar-refractivity contribution in [2.45, 2.75) is 39.5 Å². The number of imidazole rings is 3. The van der Waals surface area contributed by atoms with Crippen LogP contribution in [0.25, 0.3) is 72.5 Å². The predicted octanol–water partition coefficient (Wildman–Crippen LogP) is 11.9. The molecule has 0 spiro atoms. The van der Waals surface area contributed by atoms with Gasteiger partial charge < -0.3 is 14.4 Å². The van der Waals surface area contributed by atoms with Crippen LogP contribution >= 0.6 is 0 Å². The minimum Gasteiger partial charge on any atom is -0.366 e. The number of benzene rings is 7. The molecule has 6 heteroatoms. The van der Waals surface area contributed by atoms with Crippen LogP contribution in [0.3, 0.4) is 0 Å². The number of aromatic nitrogens is 5. The summed E-state index contributed by atoms with van der Waals surface area (Å²) < 4.78 is 91.5. The molecule has 0 aliphatic heterocycles. The van der Waals surface area contributed by atoms with Crippen LogP contribution in [0.15, 0.2) is 170 Å². The molecule has 0 N–H and O–H groups in total. The second-order valence-corrected chi connectivity index (χ2v) is 13.9. The van der Waals surface area contributed by atoms with E-state index >= 15 is 0 Å². The van der Waals surface area contributed by atoms with Crippen molar-refractivity contribution in [1.82, 2.24) is 18.9 Å². The van der Waals surface area contributed by atoms with Crippen molar-refractivity contribution in [3.63, 3.8) is 0 Å². The molecule has 0 unspecified atom stereocenters. The van der Waals surface area contributed by atoms with Gasteiger partial charge in [-0.05, 0) is 45.2 Å². The molecule has 0 aliphatic carbocycles. The standard InChI is InChI=1S/C37H34N2.C13H8N3.Ag/c1-26(2)30-19-13-20-31(27(3)4)36(30)38-25-39(35-24-12-11-23-34(35)38)37-32(28-15-7-5-8-16-28)21-14-22-33(37)29-17-9-6-10-18-29;1-3-7-11-9(5-1)14-13-15-10-6-2-4-8-12(10)16(11)13;/h5-24,26-27H,1-4H3;1-8H;/q;-1;/i5D,6D,7D,8D,9D,10D,15D,16D,17D,18D;;. The molecule has 3 heterocycles. The van der Waals surface area contributed by atoms with Gasteiger partial charge in [0.2, 0.25) is 0 Å². The molecule has 3 aromatic heterocycles. The zero-order chi connectivity index (χ0) is 46.2. The second-order valence-electron chi connectivity index (χ2n) is 13.9. The number of hydrogen-bond donors (Lipinski definition) is 0. The van der Waals surface area contributed by atoms with Crippen LogP contribution in [0.5, 0.6) is 0 Å². The number of nitrogens with zero attached hydrogens (tertiary/aromatic N) is 5. The summed E-state index contributed by atoms with van der Waals surface area (Å²) in [5.41, 5.74) is 9.25. The Morgan fingerprint density at radius 3 is 1.77 bits per heavy atom. The summed E-state index contributed by atoms with van der Waals surface area (Å²) in [6.45, 7) is 8.47. The van der Waals surface area contributed by atoms with Gasteiger partial charge in [-0.1, -0.05) is 197 Å². The smallest absolute Gasteiger partial charge is 0.269 e. The number of rotatable bonds is 6. The SMILES string of the molecule is [2H]c1c([2H])c([2H])c(-c2cccc(-c3c([2H])c([2H])c([2H])c([2H])c3[2H])c2-[n+]2[c-]n(-c3c(C(C)C)cccc3C(C)C)c3ccccc32)c([2H])c1[2H].[Ag].c1ccc2c(c1)nc1[n-]c3ccccc3n12. The molecular formula is C50H42AgN5-. The van der Waals surface area contributed by atoms with Gasteiger partial charge in [-0.15, -0.1) is 0 Å². The van der Waals surface area contributed by atoms with Crippen LogP contribution in [-0.4, -0.2) is 14.0 Å². The van der Waals surface area contributed by atoms with E-state index in [9.17, 15) is 0 Å². The third-order valence-corrected chi connectivity index (χ3v) is 9.81. The molecule has 5 nitrogen and oxygen atoms in total. The molecule has 0 saturated heterocycles. The van der Waals surface area contributed by atoms with E-state index in [2.05, 4.69) is 72.7 Å². The maximum absolute atomic E-state index is 8.89. The molecular weight excluding hydrogens is 778 g/mol. The first-order chi connectivity index (χ1) is 31.1. The zero-order valence-electron chi connectivity index (χ0n) is 41.1. The van der Waals surface area contributed by atoms with E-state index < -0.39 is 60.4 Å². The fourth-order valence-corrected chi connectivity index (χ4v) is 7.30. The van der Waals surface area contributed by atoms with Crippen molar-refractivity contribution in [1.29, 1.82) is 0 Å². The molecule has 0 saturated carbocycles. The molecule has 0 atom stereocenters. The van der Waals surface area contributed by atoms with E-state index in [4.69, 9.17) is 13.7 Å². The second kappa shape index (κ2) is 15.6. The Morgan fingerprint density at radius 1 is 0.607 bits per heavy atom. The van der Waals surface area contributed by atoms with Crippen molar-refractivity contribution in [2.24, 2.45) is 0 Å². The Kier molecular flexibility index (Phi) is 7.47. The van der Waals surface area contributed by atoms with Crippen LogP contribution in [-0.2, 0) is 22.4 Å².